The highest BCUT2D eigenvalue weighted by Crippen LogP contribution is 2.30. The molecule has 4 nitrogen and oxygen atoms in total. The zero-order chi connectivity index (χ0) is 16.9. The van der Waals surface area contributed by atoms with Crippen LogP contribution in [0.1, 0.15) is 13.8 Å². The highest BCUT2D eigenvalue weighted by Gasteiger charge is 2.18. The maximum Gasteiger partial charge on any atom is 0.347 e. The monoisotopic (exact) mass is 321 g/mol. The molecule has 122 valence electrons. The predicted octanol–water partition coefficient (Wildman–Crippen LogP) is 4.23. The van der Waals surface area contributed by atoms with Crippen LogP contribution in [-0.4, -0.2) is 23.7 Å². The third kappa shape index (κ3) is 3.38. The van der Waals surface area contributed by atoms with Crippen LogP contribution in [0.15, 0.2) is 60.7 Å². The predicted molar refractivity (Wildman–Crippen MR) is 93.9 cm³/mol. The summed E-state index contributed by atoms with van der Waals surface area (Å²) in [6.07, 6.45) is -0.681. The van der Waals surface area contributed by atoms with Crippen LogP contribution in [-0.2, 0) is 9.53 Å². The molecule has 24 heavy (non-hydrogen) atoms. The molecule has 0 aliphatic carbocycles. The molecule has 0 bridgehead atoms. The topological polar surface area (TPSA) is 48.4 Å². The average Bonchev–Trinajstić information content (AvgIpc) is 2.62. The molecule has 0 amide bonds. The summed E-state index contributed by atoms with van der Waals surface area (Å²) in [6, 6.07) is 19.5. The second kappa shape index (κ2) is 7.13. The lowest BCUT2D eigenvalue weighted by molar-refractivity contribution is -0.150. The van der Waals surface area contributed by atoms with Crippen LogP contribution in [0.2, 0.25) is 0 Å². The van der Waals surface area contributed by atoms with E-state index in [4.69, 9.17) is 14.5 Å². The first-order chi connectivity index (χ1) is 11.7. The van der Waals surface area contributed by atoms with Crippen molar-refractivity contribution < 1.29 is 14.3 Å². The number of carbonyl (C=O) groups excluding carboxylic acids is 1. The number of ether oxygens (including phenoxy) is 2. The number of aromatic nitrogens is 1. The van der Waals surface area contributed by atoms with E-state index in [1.165, 1.54) is 0 Å². The van der Waals surface area contributed by atoms with Crippen molar-refractivity contribution >= 4 is 16.9 Å². The summed E-state index contributed by atoms with van der Waals surface area (Å²) in [7, 11) is 0. The smallest absolute Gasteiger partial charge is 0.347 e. The Bertz CT molecular complexity index is 846. The van der Waals surface area contributed by atoms with Gasteiger partial charge in [0.2, 0.25) is 0 Å². The lowest BCUT2D eigenvalue weighted by Crippen LogP contribution is -2.26. The zero-order valence-electron chi connectivity index (χ0n) is 13.7. The molecule has 3 aromatic rings. The molecule has 0 aliphatic heterocycles. The van der Waals surface area contributed by atoms with Crippen molar-refractivity contribution in [2.75, 3.05) is 6.61 Å². The first-order valence-corrected chi connectivity index (χ1v) is 7.97. The van der Waals surface area contributed by atoms with Crippen LogP contribution < -0.4 is 4.74 Å². The van der Waals surface area contributed by atoms with Crippen molar-refractivity contribution in [1.29, 1.82) is 0 Å². The summed E-state index contributed by atoms with van der Waals surface area (Å²) in [5.41, 5.74) is 2.63. The molecule has 0 saturated carbocycles. The highest BCUT2D eigenvalue weighted by molar-refractivity contribution is 5.88. The minimum Gasteiger partial charge on any atom is -0.478 e. The lowest BCUT2D eigenvalue weighted by atomic mass is 10.1. The van der Waals surface area contributed by atoms with Gasteiger partial charge in [-0.1, -0.05) is 42.5 Å². The fourth-order valence-corrected chi connectivity index (χ4v) is 2.50. The Morgan fingerprint density at radius 1 is 1.08 bits per heavy atom. The first-order valence-electron chi connectivity index (χ1n) is 7.97. The number of pyridine rings is 1. The van der Waals surface area contributed by atoms with E-state index in [2.05, 4.69) is 0 Å². The fraction of sp³-hybridized carbons (Fsp3) is 0.200. The summed E-state index contributed by atoms with van der Waals surface area (Å²) in [5, 5.41) is 0.869. The van der Waals surface area contributed by atoms with Crippen LogP contribution in [0.25, 0.3) is 22.2 Å². The fourth-order valence-electron chi connectivity index (χ4n) is 2.50. The van der Waals surface area contributed by atoms with E-state index in [1.54, 1.807) is 13.8 Å². The molecule has 2 aromatic carbocycles. The van der Waals surface area contributed by atoms with Gasteiger partial charge in [-0.25, -0.2) is 9.78 Å². The van der Waals surface area contributed by atoms with Gasteiger partial charge in [0.15, 0.2) is 6.10 Å². The van der Waals surface area contributed by atoms with E-state index in [0.717, 1.165) is 22.2 Å². The van der Waals surface area contributed by atoms with E-state index in [9.17, 15) is 4.79 Å². The van der Waals surface area contributed by atoms with Crippen molar-refractivity contribution in [2.24, 2.45) is 0 Å². The van der Waals surface area contributed by atoms with Crippen molar-refractivity contribution in [3.8, 4) is 17.0 Å². The standard InChI is InChI=1S/C20H19NO3/c1-3-23-20(22)14(2)24-19-13-18(15-9-5-4-6-10-15)21-17-12-8-7-11-16(17)19/h4-14H,3H2,1-2H3. The molecule has 1 atom stereocenters. The van der Waals surface area contributed by atoms with Gasteiger partial charge in [-0.3, -0.25) is 0 Å². The van der Waals surface area contributed by atoms with Crippen LogP contribution in [0.3, 0.4) is 0 Å². The summed E-state index contributed by atoms with van der Waals surface area (Å²) >= 11 is 0. The van der Waals surface area contributed by atoms with Gasteiger partial charge in [-0.15, -0.1) is 0 Å². The van der Waals surface area contributed by atoms with Crippen LogP contribution in [0, 0.1) is 0 Å². The highest BCUT2D eigenvalue weighted by atomic mass is 16.6. The second-order valence-electron chi connectivity index (χ2n) is 5.40. The molecule has 0 fully saturated rings. The number of esters is 1. The molecular weight excluding hydrogens is 302 g/mol. The number of para-hydroxylation sites is 1. The largest absolute Gasteiger partial charge is 0.478 e. The second-order valence-corrected chi connectivity index (χ2v) is 5.40. The molecule has 0 N–H and O–H groups in total. The Labute approximate surface area is 141 Å². The van der Waals surface area contributed by atoms with Gasteiger partial charge < -0.3 is 9.47 Å². The Balaban J connectivity index is 2.03. The summed E-state index contributed by atoms with van der Waals surface area (Å²) in [5.74, 6) is 0.250. The van der Waals surface area contributed by atoms with Gasteiger partial charge in [-0.2, -0.15) is 0 Å². The molecule has 3 rings (SSSR count). The maximum absolute atomic E-state index is 11.9. The maximum atomic E-state index is 11.9. The summed E-state index contributed by atoms with van der Waals surface area (Å²) < 4.78 is 10.9. The molecular formula is C20H19NO3. The Kier molecular flexibility index (Phi) is 4.75. The number of benzene rings is 2. The minimum absolute atomic E-state index is 0.332. The third-order valence-corrected chi connectivity index (χ3v) is 3.67. The van der Waals surface area contributed by atoms with Crippen molar-refractivity contribution in [2.45, 2.75) is 20.0 Å². The molecule has 0 saturated heterocycles. The Morgan fingerprint density at radius 3 is 2.54 bits per heavy atom. The number of nitrogens with zero attached hydrogens (tertiary/aromatic N) is 1. The van der Waals surface area contributed by atoms with Gasteiger partial charge in [0.25, 0.3) is 0 Å². The lowest BCUT2D eigenvalue weighted by Gasteiger charge is -2.16. The van der Waals surface area contributed by atoms with E-state index in [0.29, 0.717) is 12.4 Å². The van der Waals surface area contributed by atoms with Crippen LogP contribution >= 0.6 is 0 Å². The molecule has 1 aromatic heterocycles. The quantitative estimate of drug-likeness (QED) is 0.660. The van der Waals surface area contributed by atoms with Gasteiger partial charge in [0.1, 0.15) is 5.75 Å². The Hall–Kier alpha value is -2.88. The van der Waals surface area contributed by atoms with E-state index < -0.39 is 6.10 Å². The minimum atomic E-state index is -0.681. The summed E-state index contributed by atoms with van der Waals surface area (Å²) in [6.45, 7) is 3.80. The number of hydrogen-bond acceptors (Lipinski definition) is 4. The normalized spacial score (nSPS) is 11.9. The molecule has 1 heterocycles. The number of rotatable bonds is 5. The van der Waals surface area contributed by atoms with Crippen molar-refractivity contribution in [1.82, 2.24) is 4.98 Å². The van der Waals surface area contributed by atoms with Crippen LogP contribution in [0.4, 0.5) is 0 Å². The molecule has 0 spiro atoms. The Morgan fingerprint density at radius 2 is 1.79 bits per heavy atom. The number of carbonyl (C=O) groups is 1. The van der Waals surface area contributed by atoms with E-state index in [-0.39, 0.29) is 5.97 Å². The number of fused-ring (bicyclic) bond motifs is 1. The molecule has 0 aliphatic rings. The molecule has 1 unspecified atom stereocenters. The zero-order valence-corrected chi connectivity index (χ0v) is 13.7. The van der Waals surface area contributed by atoms with Crippen LogP contribution in [0.5, 0.6) is 5.75 Å². The van der Waals surface area contributed by atoms with E-state index in [1.807, 2.05) is 60.7 Å². The van der Waals surface area contributed by atoms with Gasteiger partial charge in [0.05, 0.1) is 17.8 Å². The van der Waals surface area contributed by atoms with Crippen molar-refractivity contribution in [3.05, 3.63) is 60.7 Å². The SMILES string of the molecule is CCOC(=O)C(C)Oc1cc(-c2ccccc2)nc2ccccc12. The van der Waals surface area contributed by atoms with Gasteiger partial charge >= 0.3 is 5.97 Å². The molecule has 4 heteroatoms. The summed E-state index contributed by atoms with van der Waals surface area (Å²) in [4.78, 5) is 16.6. The van der Waals surface area contributed by atoms with E-state index >= 15 is 0 Å². The average molecular weight is 321 g/mol. The third-order valence-electron chi connectivity index (χ3n) is 3.67. The number of hydrogen-bond donors (Lipinski definition) is 0. The molecule has 0 radical (unpaired) electrons. The van der Waals surface area contributed by atoms with Gasteiger partial charge in [0, 0.05) is 17.0 Å². The first kappa shape index (κ1) is 16.0. The van der Waals surface area contributed by atoms with Crippen molar-refractivity contribution in [3.63, 3.8) is 0 Å². The van der Waals surface area contributed by atoms with Gasteiger partial charge in [-0.05, 0) is 26.0 Å².